The van der Waals surface area contributed by atoms with Crippen molar-refractivity contribution in [1.29, 1.82) is 0 Å². The van der Waals surface area contributed by atoms with Gasteiger partial charge < -0.3 is 0 Å². The second-order valence-corrected chi connectivity index (χ2v) is 4.57. The Morgan fingerprint density at radius 1 is 1.35 bits per heavy atom. The van der Waals surface area contributed by atoms with E-state index in [1.54, 1.807) is 6.21 Å². The fourth-order valence-corrected chi connectivity index (χ4v) is 1.95. The van der Waals surface area contributed by atoms with Gasteiger partial charge in [-0.25, -0.2) is 5.43 Å². The average molecular weight is 273 g/mol. The van der Waals surface area contributed by atoms with Gasteiger partial charge in [0, 0.05) is 23.9 Å². The highest BCUT2D eigenvalue weighted by Gasteiger charge is 2.09. The Morgan fingerprint density at radius 3 is 2.70 bits per heavy atom. The maximum atomic E-state index is 11.8. The van der Waals surface area contributed by atoms with Crippen LogP contribution in [-0.4, -0.2) is 17.0 Å². The Morgan fingerprint density at radius 2 is 2.10 bits per heavy atom. The number of amides is 1. The molecule has 2 rings (SSSR count). The fraction of sp³-hybridized carbons (Fsp3) is 0.286. The summed E-state index contributed by atoms with van der Waals surface area (Å²) < 4.78 is 0. The summed E-state index contributed by atoms with van der Waals surface area (Å²) >= 11 is 0. The molecule has 0 spiro atoms. The summed E-state index contributed by atoms with van der Waals surface area (Å²) in [7, 11) is 0. The van der Waals surface area contributed by atoms with Crippen molar-refractivity contribution in [3.63, 3.8) is 0 Å². The van der Waals surface area contributed by atoms with Crippen LogP contribution in [0.15, 0.2) is 41.5 Å². The molecule has 1 amide bonds. The standard InChI is InChI=1S/C14H15N3O3/c18-14(12-6-8-13(9-7-12)17(19)20)16-15-10-11-4-2-1-3-5-11/h1-2,6-11H,3-5H2,(H,16,18)/b15-10-/t11-/m0/s1. The molecule has 0 aromatic heterocycles. The fourth-order valence-electron chi connectivity index (χ4n) is 1.95. The van der Waals surface area contributed by atoms with E-state index in [-0.39, 0.29) is 11.6 Å². The molecule has 0 aliphatic heterocycles. The van der Waals surface area contributed by atoms with Crippen LogP contribution >= 0.6 is 0 Å². The average Bonchev–Trinajstić information content (AvgIpc) is 2.48. The lowest BCUT2D eigenvalue weighted by Gasteiger charge is -2.11. The summed E-state index contributed by atoms with van der Waals surface area (Å²) in [5.74, 6) is -0.0142. The molecule has 20 heavy (non-hydrogen) atoms. The van der Waals surface area contributed by atoms with E-state index in [2.05, 4.69) is 22.7 Å². The number of hydrazone groups is 1. The zero-order valence-corrected chi connectivity index (χ0v) is 10.9. The van der Waals surface area contributed by atoms with Crippen LogP contribution in [0.3, 0.4) is 0 Å². The van der Waals surface area contributed by atoms with Gasteiger partial charge >= 0.3 is 0 Å². The number of allylic oxidation sites excluding steroid dienone is 2. The first-order valence-corrected chi connectivity index (χ1v) is 6.40. The number of nitro benzene ring substituents is 1. The molecule has 1 aliphatic rings. The molecule has 0 radical (unpaired) electrons. The Bertz CT molecular complexity index is 549. The number of rotatable bonds is 4. The van der Waals surface area contributed by atoms with E-state index in [9.17, 15) is 14.9 Å². The number of hydrogen-bond donors (Lipinski definition) is 1. The van der Waals surface area contributed by atoms with Crippen molar-refractivity contribution in [1.82, 2.24) is 5.43 Å². The molecule has 104 valence electrons. The third-order valence-electron chi connectivity index (χ3n) is 3.10. The Labute approximate surface area is 116 Å². The van der Waals surface area contributed by atoms with Crippen molar-refractivity contribution in [2.75, 3.05) is 0 Å². The van der Waals surface area contributed by atoms with Crippen molar-refractivity contribution in [3.8, 4) is 0 Å². The number of nitrogens with zero attached hydrogens (tertiary/aromatic N) is 2. The smallest absolute Gasteiger partial charge is 0.267 e. The summed E-state index contributed by atoms with van der Waals surface area (Å²) in [5.41, 5.74) is 2.73. The summed E-state index contributed by atoms with van der Waals surface area (Å²) in [5, 5.41) is 14.4. The molecular weight excluding hydrogens is 258 g/mol. The van der Waals surface area contributed by atoms with Crippen LogP contribution in [0.1, 0.15) is 29.6 Å². The van der Waals surface area contributed by atoms with Crippen molar-refractivity contribution in [3.05, 3.63) is 52.1 Å². The van der Waals surface area contributed by atoms with Crippen molar-refractivity contribution >= 4 is 17.8 Å². The zero-order valence-electron chi connectivity index (χ0n) is 10.9. The third-order valence-corrected chi connectivity index (χ3v) is 3.10. The molecule has 1 aromatic carbocycles. The molecular formula is C14H15N3O3. The molecule has 6 heteroatoms. The molecule has 0 saturated heterocycles. The molecule has 0 bridgehead atoms. The van der Waals surface area contributed by atoms with Crippen LogP contribution in [0.4, 0.5) is 5.69 Å². The minimum absolute atomic E-state index is 0.0426. The summed E-state index contributed by atoms with van der Waals surface area (Å²) in [6.07, 6.45) is 9.00. The van der Waals surface area contributed by atoms with Crippen molar-refractivity contribution < 1.29 is 9.72 Å². The highest BCUT2D eigenvalue weighted by atomic mass is 16.6. The van der Waals surface area contributed by atoms with E-state index in [1.165, 1.54) is 24.3 Å². The van der Waals surface area contributed by atoms with Gasteiger partial charge in [0.05, 0.1) is 4.92 Å². The lowest BCUT2D eigenvalue weighted by molar-refractivity contribution is -0.384. The lowest BCUT2D eigenvalue weighted by Crippen LogP contribution is -2.18. The number of nitro groups is 1. The van der Waals surface area contributed by atoms with Gasteiger partial charge in [-0.2, -0.15) is 5.10 Å². The van der Waals surface area contributed by atoms with Crippen LogP contribution in [0.2, 0.25) is 0 Å². The maximum absolute atomic E-state index is 11.8. The molecule has 0 saturated carbocycles. The Kier molecular flexibility index (Phi) is 4.60. The van der Waals surface area contributed by atoms with Gasteiger partial charge in [-0.05, 0) is 37.3 Å². The van der Waals surface area contributed by atoms with Gasteiger partial charge in [-0.15, -0.1) is 0 Å². The first kappa shape index (κ1) is 13.9. The number of hydrogen-bond acceptors (Lipinski definition) is 4. The second-order valence-electron chi connectivity index (χ2n) is 4.57. The highest BCUT2D eigenvalue weighted by Crippen LogP contribution is 2.15. The van der Waals surface area contributed by atoms with Crippen LogP contribution < -0.4 is 5.43 Å². The van der Waals surface area contributed by atoms with Gasteiger partial charge in [0.1, 0.15) is 0 Å². The molecule has 1 N–H and O–H groups in total. The molecule has 0 fully saturated rings. The number of non-ortho nitro benzene ring substituents is 1. The maximum Gasteiger partial charge on any atom is 0.271 e. The van der Waals surface area contributed by atoms with Gasteiger partial charge in [-0.3, -0.25) is 14.9 Å². The minimum atomic E-state index is -0.504. The number of nitrogens with one attached hydrogen (secondary N) is 1. The Balaban J connectivity index is 1.89. The third kappa shape index (κ3) is 3.74. The van der Waals surface area contributed by atoms with Gasteiger partial charge in [-0.1, -0.05) is 12.2 Å². The largest absolute Gasteiger partial charge is 0.271 e. The molecule has 0 unspecified atom stereocenters. The quantitative estimate of drug-likeness (QED) is 0.396. The molecule has 6 nitrogen and oxygen atoms in total. The van der Waals surface area contributed by atoms with Gasteiger partial charge in [0.25, 0.3) is 11.6 Å². The van der Waals surface area contributed by atoms with E-state index in [0.717, 1.165) is 19.3 Å². The summed E-state index contributed by atoms with van der Waals surface area (Å²) in [6, 6.07) is 5.41. The lowest BCUT2D eigenvalue weighted by atomic mass is 9.96. The van der Waals surface area contributed by atoms with E-state index < -0.39 is 4.92 Å². The predicted molar refractivity (Wildman–Crippen MR) is 75.5 cm³/mol. The van der Waals surface area contributed by atoms with Crippen LogP contribution in [0.5, 0.6) is 0 Å². The monoisotopic (exact) mass is 273 g/mol. The molecule has 0 heterocycles. The predicted octanol–water partition coefficient (Wildman–Crippen LogP) is 2.67. The van der Waals surface area contributed by atoms with E-state index in [1.807, 2.05) is 0 Å². The van der Waals surface area contributed by atoms with Gasteiger partial charge in [0.2, 0.25) is 0 Å². The topological polar surface area (TPSA) is 84.6 Å². The zero-order chi connectivity index (χ0) is 14.4. The number of carbonyl (C=O) groups is 1. The minimum Gasteiger partial charge on any atom is -0.267 e. The van der Waals surface area contributed by atoms with Gasteiger partial charge in [0.15, 0.2) is 0 Å². The Hall–Kier alpha value is -2.50. The normalized spacial score (nSPS) is 18.1. The van der Waals surface area contributed by atoms with E-state index in [4.69, 9.17) is 0 Å². The summed E-state index contributed by atoms with van der Waals surface area (Å²) in [6.45, 7) is 0. The van der Waals surface area contributed by atoms with Crippen LogP contribution in [0.25, 0.3) is 0 Å². The van der Waals surface area contributed by atoms with Crippen LogP contribution in [0, 0.1) is 16.0 Å². The first-order valence-electron chi connectivity index (χ1n) is 6.40. The van der Waals surface area contributed by atoms with Crippen molar-refractivity contribution in [2.45, 2.75) is 19.3 Å². The van der Waals surface area contributed by atoms with E-state index >= 15 is 0 Å². The highest BCUT2D eigenvalue weighted by molar-refractivity contribution is 5.94. The SMILES string of the molecule is O=C(N/N=C\[C@H]1CC=CCC1)c1ccc([N+](=O)[O-])cc1. The van der Waals surface area contributed by atoms with Crippen LogP contribution in [-0.2, 0) is 0 Å². The van der Waals surface area contributed by atoms with Crippen molar-refractivity contribution in [2.24, 2.45) is 11.0 Å². The van der Waals surface area contributed by atoms with E-state index in [0.29, 0.717) is 11.5 Å². The number of carbonyl (C=O) groups excluding carboxylic acids is 1. The first-order chi connectivity index (χ1) is 9.66. The molecule has 1 aromatic rings. The summed E-state index contributed by atoms with van der Waals surface area (Å²) in [4.78, 5) is 21.8. The molecule has 1 atom stereocenters. The number of benzene rings is 1. The second kappa shape index (κ2) is 6.60. The molecule has 1 aliphatic carbocycles.